The van der Waals surface area contributed by atoms with Gasteiger partial charge in [-0.05, 0) is 66.2 Å². The van der Waals surface area contributed by atoms with Crippen molar-refractivity contribution in [2.45, 2.75) is 52.0 Å². The van der Waals surface area contributed by atoms with Crippen molar-refractivity contribution in [3.63, 3.8) is 0 Å². The standard InChI is InChI=1S/C13H27N3/c1-13(2)16(3)12-8-7-11-15-10-6-4-5-9-14/h13,15H,4-8,10-12H2,1-3H3. The Balaban J connectivity index is 3.07. The third-order valence-electron chi connectivity index (χ3n) is 2.89. The topological polar surface area (TPSA) is 39.1 Å². The molecule has 0 radical (unpaired) electrons. The van der Waals surface area contributed by atoms with Crippen molar-refractivity contribution in [3.05, 3.63) is 0 Å². The summed E-state index contributed by atoms with van der Waals surface area (Å²) in [6, 6.07) is 2.82. The molecule has 0 fully saturated rings. The number of rotatable bonds is 10. The molecule has 0 aliphatic carbocycles. The van der Waals surface area contributed by atoms with Crippen LogP contribution in [0.15, 0.2) is 0 Å². The van der Waals surface area contributed by atoms with E-state index in [2.05, 4.69) is 37.2 Å². The van der Waals surface area contributed by atoms with Crippen molar-refractivity contribution in [3.8, 4) is 6.07 Å². The Kier molecular flexibility index (Phi) is 10.5. The molecule has 3 heteroatoms. The van der Waals surface area contributed by atoms with E-state index < -0.39 is 0 Å². The van der Waals surface area contributed by atoms with Gasteiger partial charge in [0.2, 0.25) is 0 Å². The molecule has 0 bridgehead atoms. The molecule has 16 heavy (non-hydrogen) atoms. The molecule has 0 unspecified atom stereocenters. The molecule has 0 rings (SSSR count). The fraction of sp³-hybridized carbons (Fsp3) is 0.923. The molecule has 0 atom stereocenters. The number of unbranched alkanes of at least 4 members (excludes halogenated alkanes) is 3. The first-order chi connectivity index (χ1) is 7.68. The maximum absolute atomic E-state index is 8.36. The van der Waals surface area contributed by atoms with Crippen LogP contribution in [0, 0.1) is 11.3 Å². The summed E-state index contributed by atoms with van der Waals surface area (Å²) in [7, 11) is 2.18. The van der Waals surface area contributed by atoms with Gasteiger partial charge in [-0.2, -0.15) is 5.26 Å². The molecule has 94 valence electrons. The molecule has 0 aliphatic rings. The van der Waals surface area contributed by atoms with Gasteiger partial charge < -0.3 is 10.2 Å². The summed E-state index contributed by atoms with van der Waals surface area (Å²) in [6.07, 6.45) is 5.36. The normalized spacial score (nSPS) is 11.0. The lowest BCUT2D eigenvalue weighted by Gasteiger charge is -2.20. The van der Waals surface area contributed by atoms with Crippen LogP contribution in [0.5, 0.6) is 0 Å². The highest BCUT2D eigenvalue weighted by Gasteiger charge is 2.01. The van der Waals surface area contributed by atoms with E-state index in [0.29, 0.717) is 12.5 Å². The molecular formula is C13H27N3. The zero-order valence-electron chi connectivity index (χ0n) is 11.1. The molecule has 1 N–H and O–H groups in total. The zero-order chi connectivity index (χ0) is 12.2. The lowest BCUT2D eigenvalue weighted by atomic mass is 10.2. The summed E-state index contributed by atoms with van der Waals surface area (Å²) < 4.78 is 0. The minimum atomic E-state index is 0.652. The van der Waals surface area contributed by atoms with E-state index in [1.54, 1.807) is 0 Å². The van der Waals surface area contributed by atoms with Crippen molar-refractivity contribution in [2.24, 2.45) is 0 Å². The molecule has 0 saturated carbocycles. The number of hydrogen-bond acceptors (Lipinski definition) is 3. The first kappa shape index (κ1) is 15.4. The molecule has 3 nitrogen and oxygen atoms in total. The maximum Gasteiger partial charge on any atom is 0.0621 e. The molecule has 0 aliphatic heterocycles. The number of nitrogens with zero attached hydrogens (tertiary/aromatic N) is 2. The highest BCUT2D eigenvalue weighted by atomic mass is 15.1. The van der Waals surface area contributed by atoms with Gasteiger partial charge in [0, 0.05) is 12.5 Å². The van der Waals surface area contributed by atoms with Gasteiger partial charge in [-0.15, -0.1) is 0 Å². The highest BCUT2D eigenvalue weighted by molar-refractivity contribution is 4.68. The van der Waals surface area contributed by atoms with Crippen LogP contribution in [0.2, 0.25) is 0 Å². The van der Waals surface area contributed by atoms with Gasteiger partial charge in [-0.3, -0.25) is 0 Å². The van der Waals surface area contributed by atoms with E-state index in [-0.39, 0.29) is 0 Å². The smallest absolute Gasteiger partial charge is 0.0621 e. The van der Waals surface area contributed by atoms with E-state index in [0.717, 1.165) is 25.9 Å². The first-order valence-corrected chi connectivity index (χ1v) is 6.46. The predicted molar refractivity (Wildman–Crippen MR) is 69.3 cm³/mol. The molecule has 0 aromatic carbocycles. The van der Waals surface area contributed by atoms with E-state index in [1.807, 2.05) is 0 Å². The lowest BCUT2D eigenvalue weighted by Crippen LogP contribution is -2.28. The average molecular weight is 225 g/mol. The van der Waals surface area contributed by atoms with Crippen LogP contribution in [0.3, 0.4) is 0 Å². The van der Waals surface area contributed by atoms with Crippen LogP contribution in [0.1, 0.15) is 46.0 Å². The Labute approximate surface area is 101 Å². The lowest BCUT2D eigenvalue weighted by molar-refractivity contribution is 0.268. The molecular weight excluding hydrogens is 198 g/mol. The molecule has 0 aromatic heterocycles. The third kappa shape index (κ3) is 9.95. The maximum atomic E-state index is 8.36. The quantitative estimate of drug-likeness (QED) is 0.580. The SMILES string of the molecule is CC(C)N(C)CCCCNCCCCC#N. The van der Waals surface area contributed by atoms with Crippen LogP contribution in [0.4, 0.5) is 0 Å². The summed E-state index contributed by atoms with van der Waals surface area (Å²) >= 11 is 0. The molecule has 0 spiro atoms. The van der Waals surface area contributed by atoms with E-state index >= 15 is 0 Å². The van der Waals surface area contributed by atoms with Gasteiger partial charge in [-0.25, -0.2) is 0 Å². The van der Waals surface area contributed by atoms with Crippen LogP contribution in [-0.2, 0) is 0 Å². The largest absolute Gasteiger partial charge is 0.317 e. The minimum absolute atomic E-state index is 0.652. The zero-order valence-corrected chi connectivity index (χ0v) is 11.1. The van der Waals surface area contributed by atoms with Gasteiger partial charge in [0.05, 0.1) is 6.07 Å². The Bertz CT molecular complexity index is 184. The number of hydrogen-bond donors (Lipinski definition) is 1. The fourth-order valence-electron chi connectivity index (χ4n) is 1.45. The second-order valence-corrected chi connectivity index (χ2v) is 4.65. The summed E-state index contributed by atoms with van der Waals surface area (Å²) in [5.41, 5.74) is 0. The monoisotopic (exact) mass is 225 g/mol. The average Bonchev–Trinajstić information content (AvgIpc) is 2.26. The predicted octanol–water partition coefficient (Wildman–Crippen LogP) is 2.39. The van der Waals surface area contributed by atoms with Crippen molar-refractivity contribution in [2.75, 3.05) is 26.7 Å². The van der Waals surface area contributed by atoms with E-state index in [9.17, 15) is 0 Å². The Morgan fingerprint density at radius 3 is 2.31 bits per heavy atom. The molecule has 0 amide bonds. The second kappa shape index (κ2) is 10.9. The summed E-state index contributed by atoms with van der Waals surface area (Å²) in [4.78, 5) is 2.38. The summed E-state index contributed by atoms with van der Waals surface area (Å²) in [5, 5.41) is 11.8. The molecule has 0 heterocycles. The Morgan fingerprint density at radius 1 is 1.12 bits per heavy atom. The Hall–Kier alpha value is -0.590. The second-order valence-electron chi connectivity index (χ2n) is 4.65. The van der Waals surface area contributed by atoms with E-state index in [4.69, 9.17) is 5.26 Å². The third-order valence-corrected chi connectivity index (χ3v) is 2.89. The van der Waals surface area contributed by atoms with Gasteiger partial charge in [0.1, 0.15) is 0 Å². The number of nitriles is 1. The van der Waals surface area contributed by atoms with Gasteiger partial charge in [-0.1, -0.05) is 0 Å². The van der Waals surface area contributed by atoms with Crippen LogP contribution >= 0.6 is 0 Å². The van der Waals surface area contributed by atoms with Crippen molar-refractivity contribution < 1.29 is 0 Å². The first-order valence-electron chi connectivity index (χ1n) is 6.46. The molecule has 0 saturated heterocycles. The van der Waals surface area contributed by atoms with Gasteiger partial charge >= 0.3 is 0 Å². The molecule has 0 aromatic rings. The van der Waals surface area contributed by atoms with Gasteiger partial charge in [0.25, 0.3) is 0 Å². The number of nitrogens with one attached hydrogen (secondary N) is 1. The van der Waals surface area contributed by atoms with Crippen LogP contribution in [-0.4, -0.2) is 37.6 Å². The summed E-state index contributed by atoms with van der Waals surface area (Å²) in [5.74, 6) is 0. The van der Waals surface area contributed by atoms with E-state index in [1.165, 1.54) is 19.4 Å². The van der Waals surface area contributed by atoms with Crippen molar-refractivity contribution in [1.29, 1.82) is 5.26 Å². The van der Waals surface area contributed by atoms with Gasteiger partial charge in [0.15, 0.2) is 0 Å². The highest BCUT2D eigenvalue weighted by Crippen LogP contribution is 1.97. The fourth-order valence-corrected chi connectivity index (χ4v) is 1.45. The minimum Gasteiger partial charge on any atom is -0.317 e. The van der Waals surface area contributed by atoms with Crippen molar-refractivity contribution >= 4 is 0 Å². The van der Waals surface area contributed by atoms with Crippen LogP contribution < -0.4 is 5.32 Å². The van der Waals surface area contributed by atoms with Crippen LogP contribution in [0.25, 0.3) is 0 Å². The Morgan fingerprint density at radius 2 is 1.75 bits per heavy atom. The summed E-state index contributed by atoms with van der Waals surface area (Å²) in [6.45, 7) is 7.81. The van der Waals surface area contributed by atoms with Crippen molar-refractivity contribution in [1.82, 2.24) is 10.2 Å².